The summed E-state index contributed by atoms with van der Waals surface area (Å²) in [4.78, 5) is 15.4. The van der Waals surface area contributed by atoms with Crippen LogP contribution < -0.4 is 10.2 Å². The molecule has 0 amide bonds. The molecule has 2 saturated heterocycles. The minimum atomic E-state index is -0.450. The number of likely N-dealkylation sites (N-methyl/N-ethyl adjacent to an activating group) is 1. The second-order valence-corrected chi connectivity index (χ2v) is 7.18. The maximum Gasteiger partial charge on any atom is 0.227 e. The molecule has 7 nitrogen and oxygen atoms in total. The number of nitrogens with zero attached hydrogens (tertiary/aromatic N) is 5. The molecule has 8 heteroatoms. The number of anilines is 2. The van der Waals surface area contributed by atoms with E-state index >= 15 is 0 Å². The van der Waals surface area contributed by atoms with E-state index in [-0.39, 0.29) is 18.3 Å². The van der Waals surface area contributed by atoms with Crippen molar-refractivity contribution in [3.05, 3.63) is 12.0 Å². The molecule has 0 spiro atoms. The van der Waals surface area contributed by atoms with E-state index in [0.717, 1.165) is 39.3 Å². The molecule has 2 fully saturated rings. The number of aliphatic hydroxyl groups is 1. The Morgan fingerprint density at radius 2 is 2.04 bits per heavy atom. The van der Waals surface area contributed by atoms with Gasteiger partial charge in [0.15, 0.2) is 11.6 Å². The van der Waals surface area contributed by atoms with Gasteiger partial charge in [0.25, 0.3) is 0 Å². The molecule has 1 aromatic heterocycles. The zero-order valence-corrected chi connectivity index (χ0v) is 15.2. The number of aliphatic hydroxyl groups excluding tert-OH is 1. The van der Waals surface area contributed by atoms with Crippen molar-refractivity contribution in [1.29, 1.82) is 0 Å². The highest BCUT2D eigenvalue weighted by molar-refractivity contribution is 5.42. The normalized spacial score (nSPS) is 26.0. The van der Waals surface area contributed by atoms with Crippen molar-refractivity contribution in [2.45, 2.75) is 6.42 Å². The van der Waals surface area contributed by atoms with Gasteiger partial charge in [0.2, 0.25) is 5.95 Å². The molecule has 3 heterocycles. The fraction of sp³-hybridized carbons (Fsp3) is 0.765. The van der Waals surface area contributed by atoms with Gasteiger partial charge in [0.05, 0.1) is 6.20 Å². The van der Waals surface area contributed by atoms with E-state index in [9.17, 15) is 9.50 Å². The number of rotatable bonds is 5. The maximum atomic E-state index is 13.6. The standard InChI is InChI=1S/C17H29FN6O/c1-19-16-15(18)8-20-17(21-16)24-10-13(14(11-24)12-25)9-23-5-3-4-22(2)6-7-23/h8,13-14,25H,3-7,9-12H2,1-2H3,(H,19,20,21). The van der Waals surface area contributed by atoms with E-state index in [0.29, 0.717) is 18.4 Å². The maximum absolute atomic E-state index is 13.6. The third-order valence-corrected chi connectivity index (χ3v) is 5.37. The molecule has 3 rings (SSSR count). The Morgan fingerprint density at radius 3 is 2.80 bits per heavy atom. The molecule has 2 aliphatic heterocycles. The number of hydrogen-bond acceptors (Lipinski definition) is 7. The quantitative estimate of drug-likeness (QED) is 0.792. The van der Waals surface area contributed by atoms with Crippen LogP contribution in [0.15, 0.2) is 6.20 Å². The highest BCUT2D eigenvalue weighted by atomic mass is 19.1. The first kappa shape index (κ1) is 18.3. The van der Waals surface area contributed by atoms with Crippen molar-refractivity contribution in [2.75, 3.05) is 76.7 Å². The van der Waals surface area contributed by atoms with E-state index < -0.39 is 5.82 Å². The first-order valence-corrected chi connectivity index (χ1v) is 9.07. The Kier molecular flexibility index (Phi) is 6.03. The fourth-order valence-corrected chi connectivity index (χ4v) is 3.82. The zero-order valence-electron chi connectivity index (χ0n) is 15.2. The third kappa shape index (κ3) is 4.37. The van der Waals surface area contributed by atoms with Crippen LogP contribution >= 0.6 is 0 Å². The van der Waals surface area contributed by atoms with Gasteiger partial charge < -0.3 is 25.1 Å². The molecule has 0 aliphatic carbocycles. The summed E-state index contributed by atoms with van der Waals surface area (Å²) in [5.41, 5.74) is 0. The molecule has 0 radical (unpaired) electrons. The van der Waals surface area contributed by atoms with Gasteiger partial charge in [-0.05, 0) is 32.5 Å². The topological polar surface area (TPSA) is 67.8 Å². The molecule has 140 valence electrons. The number of halogens is 1. The van der Waals surface area contributed by atoms with Crippen LogP contribution in [0.3, 0.4) is 0 Å². The van der Waals surface area contributed by atoms with E-state index in [1.165, 1.54) is 12.6 Å². The van der Waals surface area contributed by atoms with Gasteiger partial charge in [-0.15, -0.1) is 0 Å². The van der Waals surface area contributed by atoms with Crippen LogP contribution in [0, 0.1) is 17.7 Å². The molecule has 2 unspecified atom stereocenters. The molecule has 2 aliphatic rings. The molecule has 2 atom stereocenters. The third-order valence-electron chi connectivity index (χ3n) is 5.37. The minimum Gasteiger partial charge on any atom is -0.396 e. The van der Waals surface area contributed by atoms with Crippen LogP contribution in [0.1, 0.15) is 6.42 Å². The highest BCUT2D eigenvalue weighted by Crippen LogP contribution is 2.28. The summed E-state index contributed by atoms with van der Waals surface area (Å²) >= 11 is 0. The van der Waals surface area contributed by atoms with Gasteiger partial charge in [-0.1, -0.05) is 0 Å². The molecule has 25 heavy (non-hydrogen) atoms. The lowest BCUT2D eigenvalue weighted by atomic mass is 9.96. The predicted octanol–water partition coefficient (Wildman–Crippen LogP) is 0.340. The molecule has 2 N–H and O–H groups in total. The Labute approximate surface area is 148 Å². The van der Waals surface area contributed by atoms with Crippen molar-refractivity contribution in [2.24, 2.45) is 11.8 Å². The van der Waals surface area contributed by atoms with E-state index in [1.807, 2.05) is 0 Å². The van der Waals surface area contributed by atoms with Crippen LogP contribution in [0.4, 0.5) is 16.2 Å². The van der Waals surface area contributed by atoms with Crippen molar-refractivity contribution in [3.8, 4) is 0 Å². The highest BCUT2D eigenvalue weighted by Gasteiger charge is 2.35. The molecule has 0 saturated carbocycles. The number of aromatic nitrogens is 2. The molecular formula is C17H29FN6O. The van der Waals surface area contributed by atoms with Crippen molar-refractivity contribution in [3.63, 3.8) is 0 Å². The first-order chi connectivity index (χ1) is 12.1. The molecule has 1 aromatic rings. The van der Waals surface area contributed by atoms with Gasteiger partial charge in [-0.25, -0.2) is 9.37 Å². The Morgan fingerprint density at radius 1 is 1.24 bits per heavy atom. The summed E-state index contributed by atoms with van der Waals surface area (Å²) in [6.07, 6.45) is 2.39. The van der Waals surface area contributed by atoms with Crippen molar-refractivity contribution >= 4 is 11.8 Å². The smallest absolute Gasteiger partial charge is 0.227 e. The van der Waals surface area contributed by atoms with Crippen LogP contribution in [0.25, 0.3) is 0 Å². The number of nitrogens with one attached hydrogen (secondary N) is 1. The van der Waals surface area contributed by atoms with Gasteiger partial charge in [0, 0.05) is 52.3 Å². The van der Waals surface area contributed by atoms with E-state index in [2.05, 4.69) is 37.0 Å². The summed E-state index contributed by atoms with van der Waals surface area (Å²) < 4.78 is 13.6. The van der Waals surface area contributed by atoms with Crippen molar-refractivity contribution < 1.29 is 9.50 Å². The summed E-state index contributed by atoms with van der Waals surface area (Å²) in [6.45, 7) is 7.07. The minimum absolute atomic E-state index is 0.162. The summed E-state index contributed by atoms with van der Waals surface area (Å²) in [5.74, 6) is 0.869. The molecular weight excluding hydrogens is 323 g/mol. The predicted molar refractivity (Wildman–Crippen MR) is 96.4 cm³/mol. The first-order valence-electron chi connectivity index (χ1n) is 9.07. The monoisotopic (exact) mass is 352 g/mol. The van der Waals surface area contributed by atoms with E-state index in [4.69, 9.17) is 0 Å². The fourth-order valence-electron chi connectivity index (χ4n) is 3.82. The van der Waals surface area contributed by atoms with Crippen LogP contribution in [0.5, 0.6) is 0 Å². The zero-order chi connectivity index (χ0) is 17.8. The SMILES string of the molecule is CNc1nc(N2CC(CO)C(CN3CCCN(C)CC3)C2)ncc1F. The lowest BCUT2D eigenvalue weighted by molar-refractivity contribution is 0.165. The Hall–Kier alpha value is -1.51. The Balaban J connectivity index is 1.65. The lowest BCUT2D eigenvalue weighted by Crippen LogP contribution is -2.36. The largest absolute Gasteiger partial charge is 0.396 e. The summed E-state index contributed by atoms with van der Waals surface area (Å²) in [7, 11) is 3.82. The Bertz CT molecular complexity index is 574. The second kappa shape index (κ2) is 8.25. The van der Waals surface area contributed by atoms with Crippen molar-refractivity contribution in [1.82, 2.24) is 19.8 Å². The van der Waals surface area contributed by atoms with Gasteiger partial charge in [0.1, 0.15) is 0 Å². The molecule has 0 bridgehead atoms. The van der Waals surface area contributed by atoms with Gasteiger partial charge in [-0.3, -0.25) is 0 Å². The van der Waals surface area contributed by atoms with Crippen LogP contribution in [0.2, 0.25) is 0 Å². The number of hydrogen-bond donors (Lipinski definition) is 2. The lowest BCUT2D eigenvalue weighted by Gasteiger charge is -2.26. The summed E-state index contributed by atoms with van der Waals surface area (Å²) in [5, 5.41) is 12.6. The van der Waals surface area contributed by atoms with Crippen LogP contribution in [-0.2, 0) is 0 Å². The average Bonchev–Trinajstić information content (AvgIpc) is 2.91. The summed E-state index contributed by atoms with van der Waals surface area (Å²) in [6, 6.07) is 0. The van der Waals surface area contributed by atoms with E-state index in [1.54, 1.807) is 7.05 Å². The molecule has 0 aromatic carbocycles. The average molecular weight is 352 g/mol. The van der Waals surface area contributed by atoms with Crippen LogP contribution in [-0.4, -0.2) is 91.4 Å². The van der Waals surface area contributed by atoms with Gasteiger partial charge >= 0.3 is 0 Å². The van der Waals surface area contributed by atoms with Gasteiger partial charge in [-0.2, -0.15) is 4.98 Å². The second-order valence-electron chi connectivity index (χ2n) is 7.18.